The van der Waals surface area contributed by atoms with Crippen molar-refractivity contribution in [3.8, 4) is 11.5 Å². The zero-order valence-corrected chi connectivity index (χ0v) is 14.5. The molecule has 1 atom stereocenters. The monoisotopic (exact) mass is 376 g/mol. The summed E-state index contributed by atoms with van der Waals surface area (Å²) in [4.78, 5) is 1.41. The maximum Gasteiger partial charge on any atom is 0.408 e. The van der Waals surface area contributed by atoms with E-state index in [1.54, 1.807) is 6.07 Å². The molecular formula is C14H21Cl2F3N2O2. The van der Waals surface area contributed by atoms with Crippen molar-refractivity contribution < 1.29 is 22.6 Å². The molecule has 1 heterocycles. The lowest BCUT2D eigenvalue weighted by Crippen LogP contribution is -2.49. The topological polar surface area (TPSA) is 33.7 Å². The normalized spacial score (nSPS) is 16.7. The van der Waals surface area contributed by atoms with Crippen molar-refractivity contribution in [2.45, 2.75) is 12.2 Å². The minimum Gasteiger partial charge on any atom is -0.496 e. The second kappa shape index (κ2) is 9.42. The Bertz CT molecular complexity index is 461. The van der Waals surface area contributed by atoms with Crippen LogP contribution in [0, 0.1) is 0 Å². The van der Waals surface area contributed by atoms with Gasteiger partial charge in [-0.15, -0.1) is 24.8 Å². The van der Waals surface area contributed by atoms with Crippen LogP contribution in [0.1, 0.15) is 11.6 Å². The number of nitrogens with one attached hydrogen (secondary N) is 1. The summed E-state index contributed by atoms with van der Waals surface area (Å²) >= 11 is 0. The van der Waals surface area contributed by atoms with Gasteiger partial charge in [-0.2, -0.15) is 13.2 Å². The standard InChI is InChI=1S/C14H19F3N2O2.2ClH/c1-20-10-4-3-5-11(21-2)12(10)13(14(15,16)17)19-8-6-18-7-9-19;;/h3-5,13,18H,6-9H2,1-2H3;2*1H/t13-;;/m1../s1. The first-order valence-corrected chi connectivity index (χ1v) is 6.71. The van der Waals surface area contributed by atoms with E-state index >= 15 is 0 Å². The van der Waals surface area contributed by atoms with Crippen molar-refractivity contribution in [1.82, 2.24) is 10.2 Å². The molecule has 1 aliphatic rings. The second-order valence-corrected chi connectivity index (χ2v) is 4.81. The molecule has 23 heavy (non-hydrogen) atoms. The summed E-state index contributed by atoms with van der Waals surface area (Å²) in [6, 6.07) is 2.94. The molecule has 1 aromatic carbocycles. The first-order valence-electron chi connectivity index (χ1n) is 6.71. The van der Waals surface area contributed by atoms with Gasteiger partial charge in [0.15, 0.2) is 0 Å². The molecule has 0 radical (unpaired) electrons. The van der Waals surface area contributed by atoms with Crippen molar-refractivity contribution >= 4 is 24.8 Å². The summed E-state index contributed by atoms with van der Waals surface area (Å²) < 4.78 is 51.2. The molecule has 0 bridgehead atoms. The molecule has 1 fully saturated rings. The Hall–Kier alpha value is -0.890. The number of alkyl halides is 3. The number of hydrogen-bond acceptors (Lipinski definition) is 4. The highest BCUT2D eigenvalue weighted by atomic mass is 35.5. The van der Waals surface area contributed by atoms with Crippen LogP contribution in [-0.4, -0.2) is 51.5 Å². The number of methoxy groups -OCH3 is 2. The van der Waals surface area contributed by atoms with Crippen LogP contribution in [0.25, 0.3) is 0 Å². The zero-order valence-electron chi connectivity index (χ0n) is 12.9. The van der Waals surface area contributed by atoms with Gasteiger partial charge in [0.1, 0.15) is 17.5 Å². The van der Waals surface area contributed by atoms with Crippen LogP contribution in [0.5, 0.6) is 11.5 Å². The van der Waals surface area contributed by atoms with Crippen molar-refractivity contribution in [2.24, 2.45) is 0 Å². The molecule has 0 aromatic heterocycles. The van der Waals surface area contributed by atoms with Gasteiger partial charge in [0.05, 0.1) is 19.8 Å². The molecule has 4 nitrogen and oxygen atoms in total. The number of halogens is 5. The molecule has 0 saturated carbocycles. The SMILES string of the molecule is COc1cccc(OC)c1[C@@H](N1CCNCC1)C(F)(F)F.Cl.Cl. The summed E-state index contributed by atoms with van der Waals surface area (Å²) in [6.07, 6.45) is -4.40. The van der Waals surface area contributed by atoms with E-state index in [2.05, 4.69) is 5.32 Å². The van der Waals surface area contributed by atoms with Crippen LogP contribution in [0.4, 0.5) is 13.2 Å². The number of rotatable bonds is 4. The quantitative estimate of drug-likeness (QED) is 0.875. The highest BCUT2D eigenvalue weighted by Gasteiger charge is 2.47. The number of ether oxygens (including phenoxy) is 2. The maximum absolute atomic E-state index is 13.6. The molecule has 134 valence electrons. The third-order valence-corrected chi connectivity index (χ3v) is 3.57. The summed E-state index contributed by atoms with van der Waals surface area (Å²) in [5, 5.41) is 3.06. The Balaban J connectivity index is 0.00000242. The third-order valence-electron chi connectivity index (χ3n) is 3.57. The Morgan fingerprint density at radius 2 is 1.52 bits per heavy atom. The summed E-state index contributed by atoms with van der Waals surface area (Å²) in [5.41, 5.74) is 0.0388. The van der Waals surface area contributed by atoms with E-state index in [1.807, 2.05) is 0 Å². The van der Waals surface area contributed by atoms with Gasteiger partial charge in [-0.25, -0.2) is 0 Å². The smallest absolute Gasteiger partial charge is 0.408 e. The van der Waals surface area contributed by atoms with Gasteiger partial charge in [-0.1, -0.05) is 6.07 Å². The Morgan fingerprint density at radius 1 is 1.04 bits per heavy atom. The molecule has 9 heteroatoms. The first kappa shape index (κ1) is 22.1. The Labute approximate surface area is 146 Å². The van der Waals surface area contributed by atoms with E-state index < -0.39 is 12.2 Å². The minimum atomic E-state index is -4.40. The molecule has 1 N–H and O–H groups in total. The summed E-state index contributed by atoms with van der Waals surface area (Å²) in [6.45, 7) is 1.71. The fourth-order valence-corrected chi connectivity index (χ4v) is 2.64. The van der Waals surface area contributed by atoms with E-state index in [9.17, 15) is 13.2 Å². The van der Waals surface area contributed by atoms with E-state index in [-0.39, 0.29) is 41.9 Å². The van der Waals surface area contributed by atoms with E-state index in [0.717, 1.165) is 0 Å². The number of hydrogen-bond donors (Lipinski definition) is 1. The number of nitrogens with zero attached hydrogens (tertiary/aromatic N) is 1. The summed E-state index contributed by atoms with van der Waals surface area (Å²) in [5.74, 6) is 0.380. The van der Waals surface area contributed by atoms with Gasteiger partial charge in [-0.3, -0.25) is 4.90 Å². The Kier molecular flexibility index (Phi) is 9.05. The van der Waals surface area contributed by atoms with Gasteiger partial charge in [-0.05, 0) is 12.1 Å². The van der Waals surface area contributed by atoms with Crippen LogP contribution in [-0.2, 0) is 0 Å². The van der Waals surface area contributed by atoms with Crippen molar-refractivity contribution in [3.05, 3.63) is 23.8 Å². The molecule has 0 spiro atoms. The number of piperazine rings is 1. The van der Waals surface area contributed by atoms with Crippen LogP contribution in [0.3, 0.4) is 0 Å². The second-order valence-electron chi connectivity index (χ2n) is 4.81. The van der Waals surface area contributed by atoms with Gasteiger partial charge in [0, 0.05) is 26.2 Å². The predicted molar refractivity (Wildman–Crippen MR) is 87.3 cm³/mol. The van der Waals surface area contributed by atoms with Gasteiger partial charge in [0.2, 0.25) is 0 Å². The van der Waals surface area contributed by atoms with Gasteiger partial charge < -0.3 is 14.8 Å². The predicted octanol–water partition coefficient (Wildman–Crippen LogP) is 3.06. The lowest BCUT2D eigenvalue weighted by Gasteiger charge is -2.37. The molecule has 0 amide bonds. The van der Waals surface area contributed by atoms with Crippen LogP contribution < -0.4 is 14.8 Å². The van der Waals surface area contributed by atoms with E-state index in [1.165, 1.54) is 31.3 Å². The molecule has 1 saturated heterocycles. The lowest BCUT2D eigenvalue weighted by atomic mass is 10.0. The van der Waals surface area contributed by atoms with Crippen molar-refractivity contribution in [1.29, 1.82) is 0 Å². The molecule has 1 aliphatic heterocycles. The van der Waals surface area contributed by atoms with Crippen molar-refractivity contribution in [2.75, 3.05) is 40.4 Å². The highest BCUT2D eigenvalue weighted by molar-refractivity contribution is 5.85. The fraction of sp³-hybridized carbons (Fsp3) is 0.571. The Morgan fingerprint density at radius 3 is 1.91 bits per heavy atom. The first-order chi connectivity index (χ1) is 9.99. The third kappa shape index (κ3) is 5.04. The van der Waals surface area contributed by atoms with E-state index in [0.29, 0.717) is 26.2 Å². The molecule has 0 aliphatic carbocycles. The van der Waals surface area contributed by atoms with Crippen LogP contribution in [0.15, 0.2) is 18.2 Å². The zero-order chi connectivity index (χ0) is 15.5. The molecule has 1 aromatic rings. The lowest BCUT2D eigenvalue weighted by molar-refractivity contribution is -0.188. The van der Waals surface area contributed by atoms with Crippen molar-refractivity contribution in [3.63, 3.8) is 0 Å². The fourth-order valence-electron chi connectivity index (χ4n) is 2.64. The van der Waals surface area contributed by atoms with E-state index in [4.69, 9.17) is 9.47 Å². The molecular weight excluding hydrogens is 356 g/mol. The number of benzene rings is 1. The summed E-state index contributed by atoms with van der Waals surface area (Å²) in [7, 11) is 2.73. The van der Waals surface area contributed by atoms with Crippen LogP contribution >= 0.6 is 24.8 Å². The molecule has 2 rings (SSSR count). The molecule has 0 unspecified atom stereocenters. The largest absolute Gasteiger partial charge is 0.496 e. The van der Waals surface area contributed by atoms with Gasteiger partial charge in [0.25, 0.3) is 0 Å². The van der Waals surface area contributed by atoms with Gasteiger partial charge >= 0.3 is 6.18 Å². The average Bonchev–Trinajstić information content (AvgIpc) is 2.47. The van der Waals surface area contributed by atoms with Crippen LogP contribution in [0.2, 0.25) is 0 Å². The average molecular weight is 377 g/mol. The maximum atomic E-state index is 13.6. The highest BCUT2D eigenvalue weighted by Crippen LogP contribution is 2.45. The minimum absolute atomic E-state index is 0.